The van der Waals surface area contributed by atoms with Gasteiger partial charge in [0.25, 0.3) is 0 Å². The molecule has 0 bridgehead atoms. The third-order valence-corrected chi connectivity index (χ3v) is 2.23. The first-order valence-corrected chi connectivity index (χ1v) is 4.76. The van der Waals surface area contributed by atoms with E-state index in [2.05, 4.69) is 44.9 Å². The Morgan fingerprint density at radius 1 is 1.55 bits per heavy atom. The SMILES string of the molecule is C=C(CS)CN(CC)C(C)C. The van der Waals surface area contributed by atoms with E-state index in [0.29, 0.717) is 6.04 Å². The molecule has 0 aliphatic carbocycles. The van der Waals surface area contributed by atoms with Crippen LogP contribution in [0.15, 0.2) is 12.2 Å². The lowest BCUT2D eigenvalue weighted by molar-refractivity contribution is 0.254. The summed E-state index contributed by atoms with van der Waals surface area (Å²) in [7, 11) is 0. The van der Waals surface area contributed by atoms with Crippen molar-refractivity contribution in [2.75, 3.05) is 18.8 Å². The molecule has 0 atom stereocenters. The molecule has 0 rings (SSSR count). The Morgan fingerprint density at radius 2 is 2.09 bits per heavy atom. The van der Waals surface area contributed by atoms with Crippen molar-refractivity contribution >= 4 is 12.6 Å². The maximum absolute atomic E-state index is 4.17. The van der Waals surface area contributed by atoms with Gasteiger partial charge in [-0.25, -0.2) is 0 Å². The third-order valence-electron chi connectivity index (χ3n) is 1.79. The summed E-state index contributed by atoms with van der Waals surface area (Å²) in [5.74, 6) is 0.795. The summed E-state index contributed by atoms with van der Waals surface area (Å²) in [6, 6.07) is 0.608. The van der Waals surface area contributed by atoms with Crippen LogP contribution in [-0.2, 0) is 0 Å². The van der Waals surface area contributed by atoms with Crippen LogP contribution in [0.1, 0.15) is 20.8 Å². The molecule has 1 nitrogen and oxygen atoms in total. The minimum absolute atomic E-state index is 0.608. The Bertz CT molecular complexity index is 121. The van der Waals surface area contributed by atoms with Gasteiger partial charge < -0.3 is 0 Å². The molecule has 0 amide bonds. The molecule has 0 aromatic heterocycles. The molecule has 0 radical (unpaired) electrons. The molecule has 0 spiro atoms. The first-order valence-electron chi connectivity index (χ1n) is 4.13. The Hall–Kier alpha value is 0.0500. The number of nitrogens with zero attached hydrogens (tertiary/aromatic N) is 1. The predicted octanol–water partition coefficient (Wildman–Crippen LogP) is 2.20. The van der Waals surface area contributed by atoms with Gasteiger partial charge in [0.15, 0.2) is 0 Å². The van der Waals surface area contributed by atoms with Crippen molar-refractivity contribution in [3.05, 3.63) is 12.2 Å². The summed E-state index contributed by atoms with van der Waals surface area (Å²) in [4.78, 5) is 2.37. The first kappa shape index (κ1) is 11.1. The Balaban J connectivity index is 3.78. The summed E-state index contributed by atoms with van der Waals surface area (Å²) < 4.78 is 0. The van der Waals surface area contributed by atoms with Crippen LogP contribution >= 0.6 is 12.6 Å². The summed E-state index contributed by atoms with van der Waals surface area (Å²) >= 11 is 4.17. The summed E-state index contributed by atoms with van der Waals surface area (Å²) in [6.07, 6.45) is 0. The first-order chi connectivity index (χ1) is 5.11. The lowest BCUT2D eigenvalue weighted by atomic mass is 10.2. The van der Waals surface area contributed by atoms with Crippen LogP contribution < -0.4 is 0 Å². The van der Waals surface area contributed by atoms with Crippen LogP contribution in [0.5, 0.6) is 0 Å². The van der Waals surface area contributed by atoms with Crippen LogP contribution in [0.4, 0.5) is 0 Å². The normalized spacial score (nSPS) is 11.1. The van der Waals surface area contributed by atoms with E-state index < -0.39 is 0 Å². The second kappa shape index (κ2) is 5.67. The van der Waals surface area contributed by atoms with Crippen molar-refractivity contribution in [1.82, 2.24) is 4.90 Å². The van der Waals surface area contributed by atoms with E-state index in [0.717, 1.165) is 18.8 Å². The molecule has 0 N–H and O–H groups in total. The van der Waals surface area contributed by atoms with Gasteiger partial charge in [-0.3, -0.25) is 4.90 Å². The standard InChI is InChI=1S/C9H19NS/c1-5-10(8(2)3)6-9(4)7-11/h8,11H,4-7H2,1-3H3. The monoisotopic (exact) mass is 173 g/mol. The maximum atomic E-state index is 4.17. The molecule has 0 aromatic carbocycles. The van der Waals surface area contributed by atoms with Crippen molar-refractivity contribution in [2.45, 2.75) is 26.8 Å². The fraction of sp³-hybridized carbons (Fsp3) is 0.778. The van der Waals surface area contributed by atoms with Gasteiger partial charge in [-0.2, -0.15) is 12.6 Å². The van der Waals surface area contributed by atoms with Gasteiger partial charge in [0.2, 0.25) is 0 Å². The molecular weight excluding hydrogens is 154 g/mol. The zero-order valence-corrected chi connectivity index (χ0v) is 8.69. The predicted molar refractivity (Wildman–Crippen MR) is 55.4 cm³/mol. The molecule has 0 unspecified atom stereocenters. The number of rotatable bonds is 5. The molecule has 0 saturated carbocycles. The Labute approximate surface area is 75.9 Å². The number of hydrogen-bond acceptors (Lipinski definition) is 2. The highest BCUT2D eigenvalue weighted by Gasteiger charge is 2.06. The second-order valence-corrected chi connectivity index (χ2v) is 3.38. The molecule has 0 saturated heterocycles. The average Bonchev–Trinajstić information content (AvgIpc) is 1.99. The Morgan fingerprint density at radius 3 is 2.36 bits per heavy atom. The van der Waals surface area contributed by atoms with Crippen molar-refractivity contribution in [3.63, 3.8) is 0 Å². The Kier molecular flexibility index (Phi) is 5.69. The zero-order chi connectivity index (χ0) is 8.85. The second-order valence-electron chi connectivity index (χ2n) is 3.06. The fourth-order valence-electron chi connectivity index (χ4n) is 0.997. The van der Waals surface area contributed by atoms with E-state index in [-0.39, 0.29) is 0 Å². The molecule has 0 aliphatic heterocycles. The molecule has 0 fully saturated rings. The van der Waals surface area contributed by atoms with Crippen molar-refractivity contribution in [3.8, 4) is 0 Å². The van der Waals surface area contributed by atoms with Crippen LogP contribution in [0.3, 0.4) is 0 Å². The van der Waals surface area contributed by atoms with Crippen LogP contribution in [-0.4, -0.2) is 29.8 Å². The highest BCUT2D eigenvalue weighted by Crippen LogP contribution is 2.02. The van der Waals surface area contributed by atoms with Crippen molar-refractivity contribution < 1.29 is 0 Å². The summed E-state index contributed by atoms with van der Waals surface area (Å²) in [5, 5.41) is 0. The smallest absolute Gasteiger partial charge is 0.0200 e. The molecule has 0 heterocycles. The lowest BCUT2D eigenvalue weighted by Crippen LogP contribution is -2.32. The van der Waals surface area contributed by atoms with Gasteiger partial charge in [0.05, 0.1) is 0 Å². The van der Waals surface area contributed by atoms with E-state index in [4.69, 9.17) is 0 Å². The van der Waals surface area contributed by atoms with Crippen LogP contribution in [0.2, 0.25) is 0 Å². The molecule has 11 heavy (non-hydrogen) atoms. The van der Waals surface area contributed by atoms with Gasteiger partial charge in [0.1, 0.15) is 0 Å². The van der Waals surface area contributed by atoms with E-state index in [1.165, 1.54) is 5.57 Å². The van der Waals surface area contributed by atoms with Gasteiger partial charge in [-0.15, -0.1) is 0 Å². The molecule has 66 valence electrons. The van der Waals surface area contributed by atoms with Gasteiger partial charge in [-0.1, -0.05) is 19.1 Å². The van der Waals surface area contributed by atoms with E-state index in [1.54, 1.807) is 0 Å². The lowest BCUT2D eigenvalue weighted by Gasteiger charge is -2.25. The van der Waals surface area contributed by atoms with E-state index in [9.17, 15) is 0 Å². The number of likely N-dealkylation sites (N-methyl/N-ethyl adjacent to an activating group) is 1. The third kappa shape index (κ3) is 4.49. The summed E-state index contributed by atoms with van der Waals surface area (Å²) in [5.41, 5.74) is 1.20. The zero-order valence-electron chi connectivity index (χ0n) is 7.80. The quantitative estimate of drug-likeness (QED) is 0.493. The van der Waals surface area contributed by atoms with Gasteiger partial charge in [0, 0.05) is 18.3 Å². The van der Waals surface area contributed by atoms with Gasteiger partial charge >= 0.3 is 0 Å². The van der Waals surface area contributed by atoms with Crippen LogP contribution in [0.25, 0.3) is 0 Å². The molecule has 0 aromatic rings. The van der Waals surface area contributed by atoms with Gasteiger partial charge in [-0.05, 0) is 20.4 Å². The number of hydrogen-bond donors (Lipinski definition) is 1. The molecule has 0 aliphatic rings. The minimum Gasteiger partial charge on any atom is -0.297 e. The van der Waals surface area contributed by atoms with Crippen LogP contribution in [0, 0.1) is 0 Å². The highest BCUT2D eigenvalue weighted by molar-refractivity contribution is 7.80. The minimum atomic E-state index is 0.608. The van der Waals surface area contributed by atoms with Crippen molar-refractivity contribution in [2.24, 2.45) is 0 Å². The largest absolute Gasteiger partial charge is 0.297 e. The number of thiol groups is 1. The average molecular weight is 173 g/mol. The topological polar surface area (TPSA) is 3.24 Å². The molecular formula is C9H19NS. The maximum Gasteiger partial charge on any atom is 0.0200 e. The molecule has 2 heteroatoms. The van der Waals surface area contributed by atoms with E-state index in [1.807, 2.05) is 0 Å². The van der Waals surface area contributed by atoms with E-state index >= 15 is 0 Å². The highest BCUT2D eigenvalue weighted by atomic mass is 32.1. The fourth-order valence-corrected chi connectivity index (χ4v) is 1.10. The van der Waals surface area contributed by atoms with Crippen molar-refractivity contribution in [1.29, 1.82) is 0 Å². The summed E-state index contributed by atoms with van der Waals surface area (Å²) in [6.45, 7) is 12.6.